The van der Waals surface area contributed by atoms with Gasteiger partial charge in [-0.1, -0.05) is 11.3 Å². The molecular weight excluding hydrogens is 406 g/mol. The van der Waals surface area contributed by atoms with Crippen molar-refractivity contribution in [2.75, 3.05) is 12.4 Å². The Kier molecular flexibility index (Phi) is 5.00. The number of benzene rings is 1. The molecule has 1 aliphatic carbocycles. The van der Waals surface area contributed by atoms with E-state index in [0.29, 0.717) is 11.8 Å². The Morgan fingerprint density at radius 1 is 1.22 bits per heavy atom. The van der Waals surface area contributed by atoms with Crippen LogP contribution in [0, 0.1) is 0 Å². The first-order chi connectivity index (χ1) is 15.3. The average molecular weight is 436 g/mol. The molecule has 4 aromatic rings. The predicted molar refractivity (Wildman–Crippen MR) is 123 cm³/mol. The zero-order valence-corrected chi connectivity index (χ0v) is 18.9. The first kappa shape index (κ1) is 20.7. The lowest BCUT2D eigenvalue weighted by Crippen LogP contribution is -2.36. The largest absolute Gasteiger partial charge is 0.479 e. The number of rotatable bonds is 5. The fourth-order valence-electron chi connectivity index (χ4n) is 4.48. The molecular formula is C23H29N7O2. The van der Waals surface area contributed by atoms with Crippen LogP contribution in [-0.4, -0.2) is 53.5 Å². The van der Waals surface area contributed by atoms with Crippen LogP contribution >= 0.6 is 0 Å². The molecule has 0 aliphatic heterocycles. The highest BCUT2D eigenvalue weighted by atomic mass is 16.5. The molecule has 0 atom stereocenters. The molecule has 3 heterocycles. The molecule has 9 heteroatoms. The standard InChI is InChI=1S/C23H29N7O2/c1-14(2)30-19-13-15(5-6-18(19)26-28-30)17-9-12-29-20(17)21(32-4)25-22(27-29)24-16-7-10-23(3,31)11-8-16/h5-6,9,12-14,16,31H,7-8,10-11H2,1-4H3,(H,24,27)/t16-,23+. The lowest BCUT2D eigenvalue weighted by molar-refractivity contribution is 0.0195. The van der Waals surface area contributed by atoms with Crippen LogP contribution in [0.1, 0.15) is 52.5 Å². The van der Waals surface area contributed by atoms with Crippen molar-refractivity contribution in [1.29, 1.82) is 0 Å². The summed E-state index contributed by atoms with van der Waals surface area (Å²) in [6, 6.07) is 8.61. The van der Waals surface area contributed by atoms with Gasteiger partial charge in [-0.3, -0.25) is 0 Å². The number of aliphatic hydroxyl groups is 1. The summed E-state index contributed by atoms with van der Waals surface area (Å²) < 4.78 is 9.40. The van der Waals surface area contributed by atoms with E-state index in [9.17, 15) is 5.11 Å². The van der Waals surface area contributed by atoms with Crippen LogP contribution in [-0.2, 0) is 0 Å². The van der Waals surface area contributed by atoms with Gasteiger partial charge in [0.15, 0.2) is 0 Å². The van der Waals surface area contributed by atoms with Gasteiger partial charge in [0.05, 0.1) is 18.2 Å². The normalized spacial score (nSPS) is 21.5. The Bertz CT molecular complexity index is 1260. The molecule has 0 bridgehead atoms. The molecule has 3 aromatic heterocycles. The molecule has 0 spiro atoms. The third-order valence-corrected chi connectivity index (χ3v) is 6.34. The van der Waals surface area contributed by atoms with Crippen LogP contribution in [0.25, 0.3) is 27.7 Å². The Morgan fingerprint density at radius 3 is 2.72 bits per heavy atom. The van der Waals surface area contributed by atoms with Gasteiger partial charge in [0.1, 0.15) is 11.0 Å². The molecule has 5 rings (SSSR count). The number of hydrogen-bond donors (Lipinski definition) is 2. The minimum absolute atomic E-state index is 0.219. The summed E-state index contributed by atoms with van der Waals surface area (Å²) in [6.07, 6.45) is 5.22. The second-order valence-electron chi connectivity index (χ2n) is 9.21. The topological polar surface area (TPSA) is 102 Å². The lowest BCUT2D eigenvalue weighted by Gasteiger charge is -2.33. The minimum Gasteiger partial charge on any atom is -0.479 e. The van der Waals surface area contributed by atoms with E-state index in [1.54, 1.807) is 7.11 Å². The van der Waals surface area contributed by atoms with Crippen molar-refractivity contribution >= 4 is 22.5 Å². The van der Waals surface area contributed by atoms with Crippen LogP contribution in [0.3, 0.4) is 0 Å². The minimum atomic E-state index is -0.572. The maximum Gasteiger partial charge on any atom is 0.244 e. The SMILES string of the molecule is COc1nc(N[C@H]2CC[C@@](C)(O)CC2)nn2ccc(-c3ccc4nnn(C(C)C)c4c3)c12. The first-order valence-electron chi connectivity index (χ1n) is 11.1. The molecule has 1 aliphatic rings. The number of ether oxygens (including phenoxy) is 1. The fraction of sp³-hybridized carbons (Fsp3) is 0.478. The molecule has 1 fully saturated rings. The molecule has 32 heavy (non-hydrogen) atoms. The van der Waals surface area contributed by atoms with Gasteiger partial charge in [0.2, 0.25) is 11.8 Å². The summed E-state index contributed by atoms with van der Waals surface area (Å²) in [5, 5.41) is 26.8. The number of methoxy groups -OCH3 is 1. The number of nitrogens with zero attached hydrogens (tertiary/aromatic N) is 6. The third-order valence-electron chi connectivity index (χ3n) is 6.34. The number of fused-ring (bicyclic) bond motifs is 2. The van der Waals surface area contributed by atoms with Crippen LogP contribution in [0.2, 0.25) is 0 Å². The quantitative estimate of drug-likeness (QED) is 0.491. The zero-order chi connectivity index (χ0) is 22.5. The highest BCUT2D eigenvalue weighted by molar-refractivity contribution is 5.89. The Hall–Kier alpha value is -3.20. The van der Waals surface area contributed by atoms with Crippen molar-refractivity contribution in [1.82, 2.24) is 29.6 Å². The van der Waals surface area contributed by atoms with Gasteiger partial charge in [0, 0.05) is 23.8 Å². The summed E-state index contributed by atoms with van der Waals surface area (Å²) in [6.45, 7) is 6.08. The number of anilines is 1. The van der Waals surface area contributed by atoms with Gasteiger partial charge in [0.25, 0.3) is 0 Å². The number of aromatic nitrogens is 6. The summed E-state index contributed by atoms with van der Waals surface area (Å²) in [7, 11) is 1.63. The fourth-order valence-corrected chi connectivity index (χ4v) is 4.48. The van der Waals surface area contributed by atoms with Gasteiger partial charge in [-0.15, -0.1) is 10.2 Å². The number of hydrogen-bond acceptors (Lipinski definition) is 7. The summed E-state index contributed by atoms with van der Waals surface area (Å²) in [5.41, 5.74) is 4.11. The third kappa shape index (κ3) is 3.66. The van der Waals surface area contributed by atoms with Crippen LogP contribution in [0.5, 0.6) is 5.88 Å². The molecule has 9 nitrogen and oxygen atoms in total. The number of nitrogens with one attached hydrogen (secondary N) is 1. The molecule has 1 saturated carbocycles. The van der Waals surface area contributed by atoms with Crippen molar-refractivity contribution in [3.63, 3.8) is 0 Å². The Morgan fingerprint density at radius 2 is 2.00 bits per heavy atom. The van der Waals surface area contributed by atoms with E-state index >= 15 is 0 Å². The van der Waals surface area contributed by atoms with Crippen molar-refractivity contribution in [2.45, 2.75) is 64.1 Å². The molecule has 0 radical (unpaired) electrons. The summed E-state index contributed by atoms with van der Waals surface area (Å²) in [5.74, 6) is 1.04. The second kappa shape index (κ2) is 7.74. The maximum absolute atomic E-state index is 10.2. The van der Waals surface area contributed by atoms with Crippen LogP contribution < -0.4 is 10.1 Å². The Labute approximate surface area is 186 Å². The smallest absolute Gasteiger partial charge is 0.244 e. The molecule has 0 unspecified atom stereocenters. The van der Waals surface area contributed by atoms with Crippen LogP contribution in [0.15, 0.2) is 30.5 Å². The van der Waals surface area contributed by atoms with E-state index in [0.717, 1.165) is 53.4 Å². The lowest BCUT2D eigenvalue weighted by atomic mass is 9.84. The van der Waals surface area contributed by atoms with Crippen molar-refractivity contribution in [3.05, 3.63) is 30.5 Å². The molecule has 0 amide bonds. The summed E-state index contributed by atoms with van der Waals surface area (Å²) in [4.78, 5) is 4.65. The van der Waals surface area contributed by atoms with Gasteiger partial charge >= 0.3 is 0 Å². The van der Waals surface area contributed by atoms with Gasteiger partial charge < -0.3 is 15.2 Å². The molecule has 168 valence electrons. The van der Waals surface area contributed by atoms with Crippen LogP contribution in [0.4, 0.5) is 5.95 Å². The molecule has 2 N–H and O–H groups in total. The summed E-state index contributed by atoms with van der Waals surface area (Å²) >= 11 is 0. The average Bonchev–Trinajstić information content (AvgIpc) is 3.38. The maximum atomic E-state index is 10.2. The monoisotopic (exact) mass is 435 g/mol. The van der Waals surface area contributed by atoms with E-state index in [4.69, 9.17) is 4.74 Å². The Balaban J connectivity index is 1.51. The van der Waals surface area contributed by atoms with E-state index in [-0.39, 0.29) is 12.1 Å². The van der Waals surface area contributed by atoms with E-state index in [2.05, 4.69) is 45.6 Å². The predicted octanol–water partition coefficient (Wildman–Crippen LogP) is 3.84. The van der Waals surface area contributed by atoms with Crippen molar-refractivity contribution in [3.8, 4) is 17.0 Å². The second-order valence-corrected chi connectivity index (χ2v) is 9.21. The van der Waals surface area contributed by atoms with E-state index < -0.39 is 5.60 Å². The first-order valence-corrected chi connectivity index (χ1v) is 11.1. The highest BCUT2D eigenvalue weighted by Gasteiger charge is 2.29. The van der Waals surface area contributed by atoms with E-state index in [1.807, 2.05) is 40.5 Å². The van der Waals surface area contributed by atoms with Gasteiger partial charge in [-0.05, 0) is 70.2 Å². The van der Waals surface area contributed by atoms with E-state index in [1.165, 1.54) is 0 Å². The highest BCUT2D eigenvalue weighted by Crippen LogP contribution is 2.34. The van der Waals surface area contributed by atoms with Gasteiger partial charge in [-0.2, -0.15) is 4.98 Å². The zero-order valence-electron chi connectivity index (χ0n) is 18.9. The molecule has 1 aromatic carbocycles. The van der Waals surface area contributed by atoms with Crippen molar-refractivity contribution in [2.24, 2.45) is 0 Å². The van der Waals surface area contributed by atoms with Gasteiger partial charge in [-0.25, -0.2) is 9.20 Å². The van der Waals surface area contributed by atoms with Crippen molar-refractivity contribution < 1.29 is 9.84 Å². The molecule has 0 saturated heterocycles.